The summed E-state index contributed by atoms with van der Waals surface area (Å²) in [6.45, 7) is 2.52. The predicted octanol–water partition coefficient (Wildman–Crippen LogP) is 3.52. The van der Waals surface area contributed by atoms with Crippen molar-refractivity contribution < 1.29 is 9.21 Å². The lowest BCUT2D eigenvalue weighted by Gasteiger charge is -2.15. The molecule has 0 radical (unpaired) electrons. The van der Waals surface area contributed by atoms with Crippen molar-refractivity contribution in [2.75, 3.05) is 0 Å². The van der Waals surface area contributed by atoms with Crippen LogP contribution in [0.4, 0.5) is 0 Å². The summed E-state index contributed by atoms with van der Waals surface area (Å²) in [5.41, 5.74) is 1.07. The first-order valence-corrected chi connectivity index (χ1v) is 8.32. The SMILES string of the molecule is CCC1SC(=N/N=C/c2ccco2)N(Cc2ccccc2)C1=O. The van der Waals surface area contributed by atoms with Crippen LogP contribution < -0.4 is 0 Å². The summed E-state index contributed by atoms with van der Waals surface area (Å²) < 4.78 is 5.18. The number of benzene rings is 1. The molecule has 118 valence electrons. The van der Waals surface area contributed by atoms with E-state index >= 15 is 0 Å². The lowest BCUT2D eigenvalue weighted by molar-refractivity contribution is -0.126. The van der Waals surface area contributed by atoms with Crippen LogP contribution in [0.1, 0.15) is 24.7 Å². The van der Waals surface area contributed by atoms with Crippen molar-refractivity contribution in [3.63, 3.8) is 0 Å². The fourth-order valence-electron chi connectivity index (χ4n) is 2.26. The number of amidine groups is 1. The molecule has 1 aromatic heterocycles. The van der Waals surface area contributed by atoms with E-state index in [1.54, 1.807) is 23.3 Å². The van der Waals surface area contributed by atoms with Crippen molar-refractivity contribution in [1.29, 1.82) is 0 Å². The number of nitrogens with zero attached hydrogens (tertiary/aromatic N) is 3. The van der Waals surface area contributed by atoms with Crippen LogP contribution in [-0.4, -0.2) is 27.4 Å². The van der Waals surface area contributed by atoms with E-state index < -0.39 is 0 Å². The number of thioether (sulfide) groups is 1. The van der Waals surface area contributed by atoms with Gasteiger partial charge in [0.2, 0.25) is 5.91 Å². The van der Waals surface area contributed by atoms with E-state index in [0.717, 1.165) is 12.0 Å². The van der Waals surface area contributed by atoms with Gasteiger partial charge >= 0.3 is 0 Å². The van der Waals surface area contributed by atoms with Crippen LogP contribution in [0.25, 0.3) is 0 Å². The molecule has 1 fully saturated rings. The molecule has 1 aromatic carbocycles. The average molecular weight is 327 g/mol. The van der Waals surface area contributed by atoms with Gasteiger partial charge in [0, 0.05) is 0 Å². The highest BCUT2D eigenvalue weighted by Gasteiger charge is 2.36. The van der Waals surface area contributed by atoms with E-state index in [1.807, 2.05) is 37.3 Å². The minimum absolute atomic E-state index is 0.0868. The van der Waals surface area contributed by atoms with Gasteiger partial charge in [-0.2, -0.15) is 5.10 Å². The van der Waals surface area contributed by atoms with Gasteiger partial charge in [0.1, 0.15) is 5.76 Å². The standard InChI is InChI=1S/C17H17N3O2S/c1-2-15-16(21)20(12-13-7-4-3-5-8-13)17(23-15)19-18-11-14-9-6-10-22-14/h3-11,15H,2,12H2,1H3/b18-11+,19-17?. The van der Waals surface area contributed by atoms with E-state index in [0.29, 0.717) is 17.5 Å². The van der Waals surface area contributed by atoms with Gasteiger partial charge in [-0.3, -0.25) is 9.69 Å². The quantitative estimate of drug-likeness (QED) is 0.623. The number of rotatable bonds is 5. The predicted molar refractivity (Wildman–Crippen MR) is 92.4 cm³/mol. The molecule has 3 rings (SSSR count). The van der Waals surface area contributed by atoms with Crippen LogP contribution in [0.5, 0.6) is 0 Å². The normalized spacial score (nSPS) is 20.0. The molecule has 1 amide bonds. The Morgan fingerprint density at radius 3 is 2.78 bits per heavy atom. The number of hydrogen-bond acceptors (Lipinski definition) is 5. The van der Waals surface area contributed by atoms with Gasteiger partial charge in [-0.05, 0) is 24.1 Å². The van der Waals surface area contributed by atoms with E-state index in [-0.39, 0.29) is 11.2 Å². The monoisotopic (exact) mass is 327 g/mol. The Balaban J connectivity index is 1.79. The lowest BCUT2D eigenvalue weighted by atomic mass is 10.2. The van der Waals surface area contributed by atoms with Crippen LogP contribution in [0.15, 0.2) is 63.3 Å². The number of hydrogen-bond donors (Lipinski definition) is 0. The molecule has 1 atom stereocenters. The first-order chi connectivity index (χ1) is 11.3. The van der Waals surface area contributed by atoms with Crippen molar-refractivity contribution in [2.45, 2.75) is 25.1 Å². The number of furan rings is 1. The fraction of sp³-hybridized carbons (Fsp3) is 0.235. The van der Waals surface area contributed by atoms with E-state index in [9.17, 15) is 4.79 Å². The molecule has 1 unspecified atom stereocenters. The number of amides is 1. The Morgan fingerprint density at radius 2 is 2.09 bits per heavy atom. The summed E-state index contributed by atoms with van der Waals surface area (Å²) in [7, 11) is 0. The second-order valence-electron chi connectivity index (χ2n) is 5.07. The fourth-order valence-corrected chi connectivity index (χ4v) is 3.28. The maximum absolute atomic E-state index is 12.5. The van der Waals surface area contributed by atoms with Crippen molar-refractivity contribution in [2.24, 2.45) is 10.2 Å². The minimum Gasteiger partial charge on any atom is -0.463 e. The topological polar surface area (TPSA) is 58.2 Å². The van der Waals surface area contributed by atoms with Gasteiger partial charge in [0.25, 0.3) is 0 Å². The van der Waals surface area contributed by atoms with E-state index in [2.05, 4.69) is 10.2 Å². The third kappa shape index (κ3) is 3.71. The molecule has 2 aromatic rings. The smallest absolute Gasteiger partial charge is 0.242 e. The summed E-state index contributed by atoms with van der Waals surface area (Å²) in [5, 5.41) is 8.81. The Hall–Kier alpha value is -2.34. The molecule has 1 aliphatic rings. The number of carbonyl (C=O) groups is 1. The Kier molecular flexibility index (Phi) is 4.92. The largest absolute Gasteiger partial charge is 0.463 e. The van der Waals surface area contributed by atoms with Gasteiger partial charge in [0.15, 0.2) is 5.17 Å². The second kappa shape index (κ2) is 7.28. The molecule has 0 N–H and O–H groups in total. The summed E-state index contributed by atoms with van der Waals surface area (Å²) in [5.74, 6) is 0.721. The van der Waals surface area contributed by atoms with Crippen molar-refractivity contribution in [1.82, 2.24) is 4.90 Å². The highest BCUT2D eigenvalue weighted by Crippen LogP contribution is 2.30. The second-order valence-corrected chi connectivity index (χ2v) is 6.24. The maximum atomic E-state index is 12.5. The van der Waals surface area contributed by atoms with Crippen molar-refractivity contribution in [3.8, 4) is 0 Å². The van der Waals surface area contributed by atoms with Gasteiger partial charge < -0.3 is 4.42 Å². The lowest BCUT2D eigenvalue weighted by Crippen LogP contribution is -2.31. The molecular formula is C17H17N3O2S. The third-order valence-corrected chi connectivity index (χ3v) is 4.78. The molecule has 23 heavy (non-hydrogen) atoms. The first kappa shape index (κ1) is 15.6. The molecule has 1 aliphatic heterocycles. The van der Waals surface area contributed by atoms with Gasteiger partial charge in [-0.15, -0.1) is 5.10 Å². The Morgan fingerprint density at radius 1 is 1.26 bits per heavy atom. The van der Waals surface area contributed by atoms with Gasteiger partial charge in [-0.25, -0.2) is 0 Å². The molecular weight excluding hydrogens is 310 g/mol. The zero-order chi connectivity index (χ0) is 16.1. The van der Waals surface area contributed by atoms with Gasteiger partial charge in [-0.1, -0.05) is 49.0 Å². The zero-order valence-corrected chi connectivity index (χ0v) is 13.6. The van der Waals surface area contributed by atoms with Gasteiger partial charge in [0.05, 0.1) is 24.3 Å². The van der Waals surface area contributed by atoms with Crippen LogP contribution >= 0.6 is 11.8 Å². The molecule has 1 saturated heterocycles. The van der Waals surface area contributed by atoms with Crippen molar-refractivity contribution >= 4 is 29.1 Å². The highest BCUT2D eigenvalue weighted by atomic mass is 32.2. The number of carbonyl (C=O) groups excluding carboxylic acids is 1. The van der Waals surface area contributed by atoms with Crippen molar-refractivity contribution in [3.05, 3.63) is 60.1 Å². The first-order valence-electron chi connectivity index (χ1n) is 7.44. The zero-order valence-electron chi connectivity index (χ0n) is 12.8. The molecule has 2 heterocycles. The van der Waals surface area contributed by atoms with E-state index in [1.165, 1.54) is 18.0 Å². The van der Waals surface area contributed by atoms with Crippen LogP contribution in [0.3, 0.4) is 0 Å². The molecule has 0 spiro atoms. The molecule has 0 bridgehead atoms. The third-order valence-electron chi connectivity index (χ3n) is 3.45. The minimum atomic E-state index is -0.0868. The average Bonchev–Trinajstić information content (AvgIpc) is 3.19. The summed E-state index contributed by atoms with van der Waals surface area (Å²) >= 11 is 1.47. The van der Waals surface area contributed by atoms with Crippen LogP contribution in [-0.2, 0) is 11.3 Å². The molecule has 6 heteroatoms. The maximum Gasteiger partial charge on any atom is 0.242 e. The Labute approximate surface area is 139 Å². The molecule has 0 aliphatic carbocycles. The van der Waals surface area contributed by atoms with Crippen LogP contribution in [0.2, 0.25) is 0 Å². The van der Waals surface area contributed by atoms with Crippen LogP contribution in [0, 0.1) is 0 Å². The molecule has 0 saturated carbocycles. The molecule has 5 nitrogen and oxygen atoms in total. The summed E-state index contributed by atoms with van der Waals surface area (Å²) in [4.78, 5) is 14.2. The van der Waals surface area contributed by atoms with E-state index in [4.69, 9.17) is 4.42 Å². The summed E-state index contributed by atoms with van der Waals surface area (Å²) in [6.07, 6.45) is 3.89. The summed E-state index contributed by atoms with van der Waals surface area (Å²) in [6, 6.07) is 13.5. The highest BCUT2D eigenvalue weighted by molar-refractivity contribution is 8.15. The Bertz CT molecular complexity index is 711.